The SMILES string of the molecule is CCCCCCCCCCCCCC/C=C/C=C/OP(=O)(O/C=C/C=C/CCCCCCCCCCCCCC)O/C=C/C=C/CCCCCCCCCCCCCC. The van der Waals surface area contributed by atoms with Gasteiger partial charge in [-0.2, -0.15) is 4.57 Å². The van der Waals surface area contributed by atoms with E-state index < -0.39 is 7.82 Å². The van der Waals surface area contributed by atoms with Crippen LogP contribution in [0.1, 0.15) is 271 Å². The molecular formula is C54H99O4P. The molecule has 59 heavy (non-hydrogen) atoms. The molecule has 0 spiro atoms. The highest BCUT2D eigenvalue weighted by molar-refractivity contribution is 7.48. The lowest BCUT2D eigenvalue weighted by molar-refractivity contribution is 0.230. The summed E-state index contributed by atoms with van der Waals surface area (Å²) in [6.45, 7) is 6.85. The Balaban J connectivity index is 4.46. The zero-order chi connectivity index (χ0) is 42.7. The summed E-state index contributed by atoms with van der Waals surface area (Å²) in [5, 5.41) is 0. The number of hydrogen-bond acceptors (Lipinski definition) is 4. The third kappa shape index (κ3) is 48.6. The van der Waals surface area contributed by atoms with Gasteiger partial charge in [0.05, 0.1) is 18.8 Å². The van der Waals surface area contributed by atoms with E-state index in [0.717, 1.165) is 19.3 Å². The van der Waals surface area contributed by atoms with Crippen LogP contribution in [-0.2, 0) is 18.1 Å². The summed E-state index contributed by atoms with van der Waals surface area (Å²) in [5.41, 5.74) is 0. The molecule has 0 bridgehead atoms. The normalized spacial score (nSPS) is 12.6. The van der Waals surface area contributed by atoms with Gasteiger partial charge in [-0.05, 0) is 56.8 Å². The summed E-state index contributed by atoms with van der Waals surface area (Å²) in [7, 11) is -3.85. The fourth-order valence-corrected chi connectivity index (χ4v) is 8.18. The fourth-order valence-electron chi connectivity index (χ4n) is 7.37. The topological polar surface area (TPSA) is 44.8 Å². The van der Waals surface area contributed by atoms with Crippen molar-refractivity contribution in [3.05, 3.63) is 73.5 Å². The molecule has 0 heterocycles. The van der Waals surface area contributed by atoms with Crippen molar-refractivity contribution in [3.63, 3.8) is 0 Å². The molecule has 0 unspecified atom stereocenters. The molecule has 0 saturated carbocycles. The molecule has 0 amide bonds. The molecule has 5 heteroatoms. The van der Waals surface area contributed by atoms with E-state index in [2.05, 4.69) is 39.0 Å². The van der Waals surface area contributed by atoms with Crippen molar-refractivity contribution in [2.75, 3.05) is 0 Å². The van der Waals surface area contributed by atoms with E-state index in [0.29, 0.717) is 0 Å². The third-order valence-corrected chi connectivity index (χ3v) is 12.4. The minimum atomic E-state index is -3.85. The van der Waals surface area contributed by atoms with Gasteiger partial charge in [-0.1, -0.05) is 269 Å². The fraction of sp³-hybridized carbons (Fsp3) is 0.778. The van der Waals surface area contributed by atoms with E-state index >= 15 is 0 Å². The standard InChI is InChI=1S/C54H99O4P/c1-4-7-10-13-16-19-22-25-28-31-34-37-40-43-46-49-52-56-59(55,57-53-50-47-44-41-38-35-32-29-26-23-20-17-14-11-8-5-2)58-54-51-48-45-42-39-36-33-30-27-24-21-18-15-12-9-6-3/h43-54H,4-42H2,1-3H3/b46-43+,47-44+,48-45+,52-49+,53-50+,54-51+. The van der Waals surface area contributed by atoms with Gasteiger partial charge in [0.1, 0.15) is 0 Å². The van der Waals surface area contributed by atoms with Gasteiger partial charge in [0.2, 0.25) is 0 Å². The summed E-state index contributed by atoms with van der Waals surface area (Å²) in [6, 6.07) is 0. The number of phosphoric acid groups is 1. The molecular weight excluding hydrogens is 744 g/mol. The van der Waals surface area contributed by atoms with E-state index in [9.17, 15) is 4.57 Å². The van der Waals surface area contributed by atoms with E-state index in [4.69, 9.17) is 13.6 Å². The van der Waals surface area contributed by atoms with Crippen molar-refractivity contribution in [2.45, 2.75) is 271 Å². The van der Waals surface area contributed by atoms with Crippen molar-refractivity contribution in [1.82, 2.24) is 0 Å². The summed E-state index contributed by atoms with van der Waals surface area (Å²) in [5.74, 6) is 0. The van der Waals surface area contributed by atoms with Crippen LogP contribution in [0.5, 0.6) is 0 Å². The van der Waals surface area contributed by atoms with E-state index in [1.54, 1.807) is 18.2 Å². The Morgan fingerprint density at radius 3 is 0.661 bits per heavy atom. The summed E-state index contributed by atoms with van der Waals surface area (Å²) in [6.07, 6.45) is 73.8. The second kappa shape index (κ2) is 50.4. The molecule has 0 radical (unpaired) electrons. The average molecular weight is 843 g/mol. The molecule has 0 N–H and O–H groups in total. The first kappa shape index (κ1) is 57.1. The predicted molar refractivity (Wildman–Crippen MR) is 263 cm³/mol. The van der Waals surface area contributed by atoms with Gasteiger partial charge < -0.3 is 13.6 Å². The van der Waals surface area contributed by atoms with Crippen LogP contribution in [0.25, 0.3) is 0 Å². The molecule has 0 aliphatic rings. The zero-order valence-corrected chi connectivity index (χ0v) is 40.5. The monoisotopic (exact) mass is 843 g/mol. The molecule has 0 aliphatic carbocycles. The maximum atomic E-state index is 13.4. The molecule has 0 aliphatic heterocycles. The van der Waals surface area contributed by atoms with E-state index in [1.165, 1.54) is 250 Å². The summed E-state index contributed by atoms with van der Waals surface area (Å²) >= 11 is 0. The molecule has 4 nitrogen and oxygen atoms in total. The Hall–Kier alpha value is -1.93. The van der Waals surface area contributed by atoms with Crippen LogP contribution >= 0.6 is 7.82 Å². The highest BCUT2D eigenvalue weighted by Gasteiger charge is 2.27. The minimum Gasteiger partial charge on any atom is -0.394 e. The lowest BCUT2D eigenvalue weighted by Gasteiger charge is -2.12. The average Bonchev–Trinajstić information content (AvgIpc) is 3.24. The van der Waals surface area contributed by atoms with Gasteiger partial charge in [0, 0.05) is 0 Å². The Kier molecular flexibility index (Phi) is 48.8. The maximum Gasteiger partial charge on any atom is 0.645 e. The maximum absolute atomic E-state index is 13.4. The van der Waals surface area contributed by atoms with E-state index in [1.807, 2.05) is 18.2 Å². The first-order valence-corrected chi connectivity index (χ1v) is 27.2. The Morgan fingerprint density at radius 1 is 0.271 bits per heavy atom. The lowest BCUT2D eigenvalue weighted by atomic mass is 10.0. The molecule has 0 rings (SSSR count). The van der Waals surface area contributed by atoms with Crippen molar-refractivity contribution in [3.8, 4) is 0 Å². The van der Waals surface area contributed by atoms with Gasteiger partial charge >= 0.3 is 7.82 Å². The second-order valence-electron chi connectivity index (χ2n) is 17.1. The van der Waals surface area contributed by atoms with Crippen LogP contribution in [-0.4, -0.2) is 0 Å². The largest absolute Gasteiger partial charge is 0.645 e. The second-order valence-corrected chi connectivity index (χ2v) is 18.6. The summed E-state index contributed by atoms with van der Waals surface area (Å²) in [4.78, 5) is 0. The molecule has 0 aromatic heterocycles. The van der Waals surface area contributed by atoms with Crippen molar-refractivity contribution >= 4 is 7.82 Å². The van der Waals surface area contributed by atoms with Gasteiger partial charge in [0.25, 0.3) is 0 Å². The first-order valence-electron chi connectivity index (χ1n) is 25.8. The predicted octanol–water partition coefficient (Wildman–Crippen LogP) is 20.6. The summed E-state index contributed by atoms with van der Waals surface area (Å²) < 4.78 is 30.0. The number of hydrogen-bond donors (Lipinski definition) is 0. The molecule has 0 atom stereocenters. The lowest BCUT2D eigenvalue weighted by Crippen LogP contribution is -1.88. The number of allylic oxidation sites excluding steroid dienone is 9. The zero-order valence-electron chi connectivity index (χ0n) is 39.6. The minimum absolute atomic E-state index is 1.04. The van der Waals surface area contributed by atoms with Crippen LogP contribution in [0.15, 0.2) is 73.5 Å². The van der Waals surface area contributed by atoms with Gasteiger partial charge in [-0.25, -0.2) is 0 Å². The highest BCUT2D eigenvalue weighted by Crippen LogP contribution is 2.50. The molecule has 0 aromatic carbocycles. The van der Waals surface area contributed by atoms with Crippen molar-refractivity contribution in [2.24, 2.45) is 0 Å². The van der Waals surface area contributed by atoms with Crippen molar-refractivity contribution in [1.29, 1.82) is 0 Å². The molecule has 0 saturated heterocycles. The quantitative estimate of drug-likeness (QED) is 0.0265. The van der Waals surface area contributed by atoms with Crippen LogP contribution in [0.3, 0.4) is 0 Å². The Morgan fingerprint density at radius 2 is 0.458 bits per heavy atom. The number of phosphoric ester groups is 1. The smallest absolute Gasteiger partial charge is 0.394 e. The third-order valence-electron chi connectivity index (χ3n) is 11.2. The Labute approximate surface area is 369 Å². The Bertz CT molecular complexity index is 913. The number of unbranched alkanes of at least 4 members (excludes halogenated alkanes) is 36. The van der Waals surface area contributed by atoms with E-state index in [-0.39, 0.29) is 0 Å². The first-order chi connectivity index (χ1) is 29.2. The van der Waals surface area contributed by atoms with Gasteiger partial charge in [-0.3, -0.25) is 0 Å². The van der Waals surface area contributed by atoms with Crippen LogP contribution < -0.4 is 0 Å². The van der Waals surface area contributed by atoms with Crippen LogP contribution in [0.4, 0.5) is 0 Å². The number of rotatable bonds is 48. The molecule has 0 fully saturated rings. The molecule has 0 aromatic rings. The van der Waals surface area contributed by atoms with Crippen LogP contribution in [0.2, 0.25) is 0 Å². The van der Waals surface area contributed by atoms with Crippen molar-refractivity contribution < 1.29 is 18.1 Å². The van der Waals surface area contributed by atoms with Crippen LogP contribution in [0, 0.1) is 0 Å². The molecule has 344 valence electrons. The van der Waals surface area contributed by atoms with Gasteiger partial charge in [0.15, 0.2) is 0 Å². The highest BCUT2D eigenvalue weighted by atomic mass is 31.2. The van der Waals surface area contributed by atoms with Gasteiger partial charge in [-0.15, -0.1) is 0 Å².